The maximum absolute atomic E-state index is 13.1. The Balaban J connectivity index is 2.29. The van der Waals surface area contributed by atoms with Crippen LogP contribution in [0, 0.1) is 5.82 Å². The summed E-state index contributed by atoms with van der Waals surface area (Å²) in [6.07, 6.45) is 0. The SMILES string of the molecule is CCNc1cc(Nc2ccc(F)cc2Cl)nc(COC)n1. The van der Waals surface area contributed by atoms with Crippen molar-refractivity contribution in [2.24, 2.45) is 0 Å². The highest BCUT2D eigenvalue weighted by molar-refractivity contribution is 6.33. The topological polar surface area (TPSA) is 59.1 Å². The average Bonchev–Trinajstić information content (AvgIpc) is 2.42. The minimum atomic E-state index is -0.387. The van der Waals surface area contributed by atoms with E-state index in [1.165, 1.54) is 12.1 Å². The summed E-state index contributed by atoms with van der Waals surface area (Å²) < 4.78 is 18.1. The third kappa shape index (κ3) is 4.27. The summed E-state index contributed by atoms with van der Waals surface area (Å²) in [5, 5.41) is 6.45. The Morgan fingerprint density at radius 3 is 2.67 bits per heavy atom. The van der Waals surface area contributed by atoms with Crippen LogP contribution < -0.4 is 10.6 Å². The van der Waals surface area contributed by atoms with E-state index in [0.29, 0.717) is 29.8 Å². The van der Waals surface area contributed by atoms with E-state index in [9.17, 15) is 4.39 Å². The van der Waals surface area contributed by atoms with Gasteiger partial charge in [0, 0.05) is 19.7 Å². The number of ether oxygens (including phenoxy) is 1. The highest BCUT2D eigenvalue weighted by Gasteiger charge is 2.07. The second kappa shape index (κ2) is 7.19. The molecule has 21 heavy (non-hydrogen) atoms. The Morgan fingerprint density at radius 1 is 1.24 bits per heavy atom. The van der Waals surface area contributed by atoms with E-state index >= 15 is 0 Å². The molecule has 1 aromatic carbocycles. The zero-order valence-electron chi connectivity index (χ0n) is 11.8. The molecule has 0 bridgehead atoms. The highest BCUT2D eigenvalue weighted by atomic mass is 35.5. The first-order chi connectivity index (χ1) is 10.1. The maximum Gasteiger partial charge on any atom is 0.158 e. The van der Waals surface area contributed by atoms with Crippen molar-refractivity contribution in [1.29, 1.82) is 0 Å². The number of hydrogen-bond donors (Lipinski definition) is 2. The lowest BCUT2D eigenvalue weighted by Crippen LogP contribution is -2.07. The molecule has 0 aliphatic carbocycles. The molecular formula is C14H16ClFN4O. The molecule has 0 unspecified atom stereocenters. The van der Waals surface area contributed by atoms with Crippen molar-refractivity contribution < 1.29 is 9.13 Å². The number of rotatable bonds is 6. The molecule has 0 saturated heterocycles. The Labute approximate surface area is 127 Å². The summed E-state index contributed by atoms with van der Waals surface area (Å²) in [6, 6.07) is 5.88. The monoisotopic (exact) mass is 310 g/mol. The molecule has 0 saturated carbocycles. The van der Waals surface area contributed by atoms with Gasteiger partial charge < -0.3 is 15.4 Å². The largest absolute Gasteiger partial charge is 0.377 e. The van der Waals surface area contributed by atoms with Crippen LogP contribution >= 0.6 is 11.6 Å². The van der Waals surface area contributed by atoms with Crippen molar-refractivity contribution in [3.05, 3.63) is 40.9 Å². The molecule has 0 fully saturated rings. The normalized spacial score (nSPS) is 10.5. The minimum Gasteiger partial charge on any atom is -0.377 e. The maximum atomic E-state index is 13.1. The molecular weight excluding hydrogens is 295 g/mol. The Kier molecular flexibility index (Phi) is 5.30. The third-order valence-electron chi connectivity index (χ3n) is 2.60. The van der Waals surface area contributed by atoms with Crippen LogP contribution in [0.3, 0.4) is 0 Å². The van der Waals surface area contributed by atoms with E-state index in [-0.39, 0.29) is 10.8 Å². The zero-order chi connectivity index (χ0) is 15.2. The van der Waals surface area contributed by atoms with Crippen molar-refractivity contribution in [2.45, 2.75) is 13.5 Å². The Morgan fingerprint density at radius 2 is 2.00 bits per heavy atom. The zero-order valence-corrected chi connectivity index (χ0v) is 12.5. The number of nitrogens with one attached hydrogen (secondary N) is 2. The quantitative estimate of drug-likeness (QED) is 0.854. The third-order valence-corrected chi connectivity index (χ3v) is 2.91. The molecule has 0 aliphatic rings. The Bertz CT molecular complexity index is 600. The number of aromatic nitrogens is 2. The number of halogens is 2. The van der Waals surface area contributed by atoms with Crippen molar-refractivity contribution >= 4 is 28.9 Å². The number of anilines is 3. The van der Waals surface area contributed by atoms with E-state index in [2.05, 4.69) is 20.6 Å². The van der Waals surface area contributed by atoms with Crippen LogP contribution in [0.4, 0.5) is 21.7 Å². The smallest absolute Gasteiger partial charge is 0.158 e. The van der Waals surface area contributed by atoms with Gasteiger partial charge in [0.2, 0.25) is 0 Å². The van der Waals surface area contributed by atoms with E-state index < -0.39 is 0 Å². The molecule has 0 aliphatic heterocycles. The van der Waals surface area contributed by atoms with Gasteiger partial charge in [-0.15, -0.1) is 0 Å². The summed E-state index contributed by atoms with van der Waals surface area (Å²) in [6.45, 7) is 3.01. The van der Waals surface area contributed by atoms with Crippen molar-refractivity contribution in [3.63, 3.8) is 0 Å². The van der Waals surface area contributed by atoms with Gasteiger partial charge in [0.1, 0.15) is 24.1 Å². The van der Waals surface area contributed by atoms with Crippen LogP contribution in [0.1, 0.15) is 12.7 Å². The Hall–Kier alpha value is -1.92. The molecule has 1 heterocycles. The molecule has 2 aromatic rings. The van der Waals surface area contributed by atoms with Gasteiger partial charge in [-0.2, -0.15) is 0 Å². The van der Waals surface area contributed by atoms with Gasteiger partial charge in [-0.3, -0.25) is 0 Å². The molecule has 2 rings (SSSR count). The molecule has 0 atom stereocenters. The molecule has 0 amide bonds. The lowest BCUT2D eigenvalue weighted by atomic mass is 10.3. The van der Waals surface area contributed by atoms with Crippen LogP contribution in [-0.4, -0.2) is 23.6 Å². The predicted molar refractivity (Wildman–Crippen MR) is 81.6 cm³/mol. The number of benzene rings is 1. The first-order valence-corrected chi connectivity index (χ1v) is 6.83. The lowest BCUT2D eigenvalue weighted by molar-refractivity contribution is 0.178. The van der Waals surface area contributed by atoms with Gasteiger partial charge in [-0.05, 0) is 25.1 Å². The van der Waals surface area contributed by atoms with Crippen molar-refractivity contribution in [1.82, 2.24) is 9.97 Å². The lowest BCUT2D eigenvalue weighted by Gasteiger charge is -2.11. The van der Waals surface area contributed by atoms with Crippen LogP contribution in [0.25, 0.3) is 0 Å². The first-order valence-electron chi connectivity index (χ1n) is 6.45. The van der Waals surface area contributed by atoms with E-state index in [1.807, 2.05) is 6.92 Å². The second-order valence-corrected chi connectivity index (χ2v) is 4.67. The number of nitrogens with zero attached hydrogens (tertiary/aromatic N) is 2. The molecule has 112 valence electrons. The standard InChI is InChI=1S/C14H16ClFN4O/c1-3-17-12-7-13(20-14(19-12)8-21-2)18-11-5-4-9(16)6-10(11)15/h4-7H,3,8H2,1-2H3,(H2,17,18,19,20). The summed E-state index contributed by atoms with van der Waals surface area (Å²) in [7, 11) is 1.58. The second-order valence-electron chi connectivity index (χ2n) is 4.27. The minimum absolute atomic E-state index is 0.284. The molecule has 5 nitrogen and oxygen atoms in total. The van der Waals surface area contributed by atoms with Gasteiger partial charge >= 0.3 is 0 Å². The van der Waals surface area contributed by atoms with Crippen LogP contribution in [0.5, 0.6) is 0 Å². The average molecular weight is 311 g/mol. The van der Waals surface area contributed by atoms with Gasteiger partial charge in [-0.25, -0.2) is 14.4 Å². The fraction of sp³-hybridized carbons (Fsp3) is 0.286. The highest BCUT2D eigenvalue weighted by Crippen LogP contribution is 2.26. The molecule has 1 aromatic heterocycles. The van der Waals surface area contributed by atoms with E-state index in [4.69, 9.17) is 16.3 Å². The fourth-order valence-electron chi connectivity index (χ4n) is 1.76. The fourth-order valence-corrected chi connectivity index (χ4v) is 1.97. The van der Waals surface area contributed by atoms with Crippen LogP contribution in [0.2, 0.25) is 5.02 Å². The van der Waals surface area contributed by atoms with Crippen LogP contribution in [-0.2, 0) is 11.3 Å². The molecule has 0 spiro atoms. The summed E-state index contributed by atoms with van der Waals surface area (Å²) >= 11 is 6.00. The van der Waals surface area contributed by atoms with Crippen LogP contribution in [0.15, 0.2) is 24.3 Å². The summed E-state index contributed by atoms with van der Waals surface area (Å²) in [5.41, 5.74) is 0.572. The number of methoxy groups -OCH3 is 1. The number of hydrogen-bond acceptors (Lipinski definition) is 5. The van der Waals surface area contributed by atoms with Gasteiger partial charge in [0.25, 0.3) is 0 Å². The van der Waals surface area contributed by atoms with Crippen molar-refractivity contribution in [3.8, 4) is 0 Å². The van der Waals surface area contributed by atoms with E-state index in [1.54, 1.807) is 19.2 Å². The predicted octanol–water partition coefficient (Wildman–Crippen LogP) is 3.59. The summed E-state index contributed by atoms with van der Waals surface area (Å²) in [5.74, 6) is 1.39. The van der Waals surface area contributed by atoms with Gasteiger partial charge in [-0.1, -0.05) is 11.6 Å². The molecule has 2 N–H and O–H groups in total. The summed E-state index contributed by atoms with van der Waals surface area (Å²) in [4.78, 5) is 8.64. The van der Waals surface area contributed by atoms with Crippen molar-refractivity contribution in [2.75, 3.05) is 24.3 Å². The van der Waals surface area contributed by atoms with Gasteiger partial charge in [0.05, 0.1) is 10.7 Å². The first kappa shape index (κ1) is 15.5. The van der Waals surface area contributed by atoms with Gasteiger partial charge in [0.15, 0.2) is 5.82 Å². The van der Waals surface area contributed by atoms with E-state index in [0.717, 1.165) is 6.54 Å². The molecule has 0 radical (unpaired) electrons. The molecule has 7 heteroatoms.